The number of ether oxygens (including phenoxy) is 1. The van der Waals surface area contributed by atoms with Gasteiger partial charge in [0.15, 0.2) is 0 Å². The van der Waals surface area contributed by atoms with E-state index in [1.807, 2.05) is 6.92 Å². The first-order chi connectivity index (χ1) is 8.20. The molecule has 0 saturated carbocycles. The average Bonchev–Trinajstić information content (AvgIpc) is 2.33. The topological polar surface area (TPSA) is 22.1 Å². The Bertz CT molecular complexity index is 531. The van der Waals surface area contributed by atoms with Crippen LogP contribution in [-0.2, 0) is 0 Å². The van der Waals surface area contributed by atoms with Gasteiger partial charge in [-0.2, -0.15) is 0 Å². The molecule has 2 aromatic rings. The molecule has 0 radical (unpaired) electrons. The molecule has 4 heteroatoms. The van der Waals surface area contributed by atoms with Gasteiger partial charge < -0.3 is 4.74 Å². The highest BCUT2D eigenvalue weighted by Gasteiger charge is 2.08. The third-order valence-electron chi connectivity index (χ3n) is 2.25. The zero-order chi connectivity index (χ0) is 12.3. The Hall–Kier alpha value is -1.42. The van der Waals surface area contributed by atoms with Crippen molar-refractivity contribution in [1.29, 1.82) is 0 Å². The first-order valence-corrected chi connectivity index (χ1v) is 6.04. The Kier molecular flexibility index (Phi) is 3.74. The minimum atomic E-state index is -0.297. The molecule has 0 saturated heterocycles. The molecule has 0 amide bonds. The van der Waals surface area contributed by atoms with Crippen molar-refractivity contribution in [1.82, 2.24) is 4.98 Å². The minimum absolute atomic E-state index is 0.297. The minimum Gasteiger partial charge on any atom is -0.494 e. The smallest absolute Gasteiger partial charge is 0.132 e. The summed E-state index contributed by atoms with van der Waals surface area (Å²) in [5, 5.41) is 0. The van der Waals surface area contributed by atoms with Crippen LogP contribution in [0.5, 0.6) is 5.75 Å². The fraction of sp³-hybridized carbons (Fsp3) is 0.154. The molecule has 0 N–H and O–H groups in total. The van der Waals surface area contributed by atoms with E-state index in [4.69, 9.17) is 4.74 Å². The van der Waals surface area contributed by atoms with Crippen LogP contribution in [0.15, 0.2) is 41.0 Å². The lowest BCUT2D eigenvalue weighted by molar-refractivity contribution is 0.340. The van der Waals surface area contributed by atoms with Crippen LogP contribution in [-0.4, -0.2) is 11.6 Å². The fourth-order valence-corrected chi connectivity index (χ4v) is 1.87. The van der Waals surface area contributed by atoms with Crippen molar-refractivity contribution < 1.29 is 9.13 Å². The van der Waals surface area contributed by atoms with E-state index < -0.39 is 0 Å². The van der Waals surface area contributed by atoms with Gasteiger partial charge in [-0.25, -0.2) is 4.39 Å². The van der Waals surface area contributed by atoms with Crippen LogP contribution in [0.3, 0.4) is 0 Å². The number of hydrogen-bond acceptors (Lipinski definition) is 2. The van der Waals surface area contributed by atoms with Crippen LogP contribution in [0, 0.1) is 5.82 Å². The molecule has 2 rings (SSSR count). The quantitative estimate of drug-likeness (QED) is 0.852. The normalized spacial score (nSPS) is 10.3. The summed E-state index contributed by atoms with van der Waals surface area (Å²) in [6, 6.07) is 8.25. The van der Waals surface area contributed by atoms with Gasteiger partial charge in [0.2, 0.25) is 0 Å². The average molecular weight is 296 g/mol. The summed E-state index contributed by atoms with van der Waals surface area (Å²) in [5.74, 6) is 0.395. The van der Waals surface area contributed by atoms with Gasteiger partial charge in [0.1, 0.15) is 11.6 Å². The van der Waals surface area contributed by atoms with Crippen LogP contribution in [0.1, 0.15) is 6.92 Å². The van der Waals surface area contributed by atoms with Gasteiger partial charge in [0, 0.05) is 22.3 Å². The molecule has 2 nitrogen and oxygen atoms in total. The van der Waals surface area contributed by atoms with E-state index in [-0.39, 0.29) is 5.82 Å². The number of aromatic nitrogens is 1. The third-order valence-corrected chi connectivity index (χ3v) is 2.74. The first kappa shape index (κ1) is 12.0. The van der Waals surface area contributed by atoms with Gasteiger partial charge in [-0.3, -0.25) is 4.98 Å². The van der Waals surface area contributed by atoms with E-state index in [0.29, 0.717) is 23.6 Å². The van der Waals surface area contributed by atoms with E-state index >= 15 is 0 Å². The maximum absolute atomic E-state index is 13.7. The van der Waals surface area contributed by atoms with Gasteiger partial charge in [-0.1, -0.05) is 15.9 Å². The second-order valence-corrected chi connectivity index (χ2v) is 4.35. The largest absolute Gasteiger partial charge is 0.494 e. The molecule has 0 aliphatic rings. The predicted octanol–water partition coefficient (Wildman–Crippen LogP) is 4.05. The molecule has 17 heavy (non-hydrogen) atoms. The molecular weight excluding hydrogens is 285 g/mol. The fourth-order valence-electron chi connectivity index (χ4n) is 1.51. The summed E-state index contributed by atoms with van der Waals surface area (Å²) in [7, 11) is 0. The lowest BCUT2D eigenvalue weighted by atomic mass is 10.1. The molecule has 0 fully saturated rings. The lowest BCUT2D eigenvalue weighted by Crippen LogP contribution is -1.93. The number of rotatable bonds is 3. The Morgan fingerprint density at radius 1 is 1.29 bits per heavy atom. The number of pyridine rings is 1. The van der Waals surface area contributed by atoms with Gasteiger partial charge in [-0.15, -0.1) is 0 Å². The van der Waals surface area contributed by atoms with Crippen LogP contribution in [0.2, 0.25) is 0 Å². The number of halogens is 2. The van der Waals surface area contributed by atoms with Crippen molar-refractivity contribution >= 4 is 15.9 Å². The molecule has 88 valence electrons. The summed E-state index contributed by atoms with van der Waals surface area (Å²) in [6.07, 6.45) is 1.61. The van der Waals surface area contributed by atoms with Crippen molar-refractivity contribution in [3.63, 3.8) is 0 Å². The van der Waals surface area contributed by atoms with Crippen molar-refractivity contribution in [3.8, 4) is 17.0 Å². The van der Waals surface area contributed by atoms with E-state index in [2.05, 4.69) is 20.9 Å². The van der Waals surface area contributed by atoms with Gasteiger partial charge in [0.25, 0.3) is 0 Å². The highest BCUT2D eigenvalue weighted by Crippen LogP contribution is 2.26. The predicted molar refractivity (Wildman–Crippen MR) is 68.5 cm³/mol. The van der Waals surface area contributed by atoms with Crippen LogP contribution < -0.4 is 4.74 Å². The molecule has 1 aromatic heterocycles. The van der Waals surface area contributed by atoms with Crippen molar-refractivity contribution in [2.24, 2.45) is 0 Å². The van der Waals surface area contributed by atoms with E-state index in [9.17, 15) is 4.39 Å². The van der Waals surface area contributed by atoms with E-state index in [1.165, 1.54) is 6.07 Å². The standard InChI is InChI=1S/C13H11BrFNO/c1-2-17-10-5-6-16-13(8-10)11-7-9(14)3-4-12(11)15/h3-8H,2H2,1H3. The van der Waals surface area contributed by atoms with Crippen molar-refractivity contribution in [3.05, 3.63) is 46.8 Å². The van der Waals surface area contributed by atoms with E-state index in [1.54, 1.807) is 30.5 Å². The van der Waals surface area contributed by atoms with Crippen LogP contribution in [0.4, 0.5) is 4.39 Å². The summed E-state index contributed by atoms with van der Waals surface area (Å²) >= 11 is 3.32. The van der Waals surface area contributed by atoms with Gasteiger partial charge in [-0.05, 0) is 31.2 Å². The molecule has 0 atom stereocenters. The first-order valence-electron chi connectivity index (χ1n) is 5.25. The highest BCUT2D eigenvalue weighted by molar-refractivity contribution is 9.10. The van der Waals surface area contributed by atoms with Gasteiger partial charge >= 0.3 is 0 Å². The third kappa shape index (κ3) is 2.82. The number of benzene rings is 1. The lowest BCUT2D eigenvalue weighted by Gasteiger charge is -2.06. The Morgan fingerprint density at radius 3 is 2.88 bits per heavy atom. The summed E-state index contributed by atoms with van der Waals surface area (Å²) in [6.45, 7) is 2.48. The van der Waals surface area contributed by atoms with Crippen LogP contribution in [0.25, 0.3) is 11.3 Å². The summed E-state index contributed by atoms with van der Waals surface area (Å²) in [5.41, 5.74) is 1.02. The van der Waals surface area contributed by atoms with Gasteiger partial charge in [0.05, 0.1) is 12.3 Å². The van der Waals surface area contributed by atoms with Crippen molar-refractivity contribution in [2.45, 2.75) is 6.92 Å². The van der Waals surface area contributed by atoms with E-state index in [0.717, 1.165) is 4.47 Å². The molecule has 0 spiro atoms. The van der Waals surface area contributed by atoms with Crippen LogP contribution >= 0.6 is 15.9 Å². The number of nitrogens with zero attached hydrogens (tertiary/aromatic N) is 1. The molecule has 1 heterocycles. The Labute approximate surface area is 108 Å². The molecular formula is C13H11BrFNO. The second kappa shape index (κ2) is 5.27. The molecule has 0 unspecified atom stereocenters. The maximum Gasteiger partial charge on any atom is 0.132 e. The Morgan fingerprint density at radius 2 is 2.12 bits per heavy atom. The second-order valence-electron chi connectivity index (χ2n) is 3.43. The molecule has 0 aliphatic heterocycles. The monoisotopic (exact) mass is 295 g/mol. The zero-order valence-electron chi connectivity index (χ0n) is 9.28. The number of hydrogen-bond donors (Lipinski definition) is 0. The Balaban J connectivity index is 2.45. The SMILES string of the molecule is CCOc1ccnc(-c2cc(Br)ccc2F)c1. The molecule has 0 aliphatic carbocycles. The summed E-state index contributed by atoms with van der Waals surface area (Å²) < 4.78 is 19.9. The maximum atomic E-state index is 13.7. The molecule has 0 bridgehead atoms. The summed E-state index contributed by atoms with van der Waals surface area (Å²) in [4.78, 5) is 4.15. The highest BCUT2D eigenvalue weighted by atomic mass is 79.9. The molecule has 1 aromatic carbocycles. The zero-order valence-corrected chi connectivity index (χ0v) is 10.9. The van der Waals surface area contributed by atoms with Crippen molar-refractivity contribution in [2.75, 3.05) is 6.61 Å².